The van der Waals surface area contributed by atoms with Gasteiger partial charge in [0.25, 0.3) is 0 Å². The molecule has 0 saturated carbocycles. The van der Waals surface area contributed by atoms with E-state index in [1.54, 1.807) is 0 Å². The van der Waals surface area contributed by atoms with Gasteiger partial charge in [0, 0.05) is 25.3 Å². The minimum atomic E-state index is 0.340. The van der Waals surface area contributed by atoms with Crippen LogP contribution in [-0.4, -0.2) is 50.1 Å². The standard InChI is InChI=1S/C25H33N3O/c1-2-3-8-21-9-7-10-22(19-21)24-13-14-26-25(20-27-15-17-29-18-16-27)28(24)23-11-5-4-6-12-23/h4-7,9-12,19,24H,2-3,8,13-18,20H2,1H3. The summed E-state index contributed by atoms with van der Waals surface area (Å²) in [5, 5.41) is 0. The first-order valence-electron chi connectivity index (χ1n) is 11.1. The number of benzene rings is 2. The number of hydrogen-bond acceptors (Lipinski definition) is 4. The largest absolute Gasteiger partial charge is 0.379 e. The van der Waals surface area contributed by atoms with Gasteiger partial charge in [0.05, 0.1) is 25.8 Å². The fourth-order valence-electron chi connectivity index (χ4n) is 4.36. The predicted octanol–water partition coefficient (Wildman–Crippen LogP) is 4.71. The van der Waals surface area contributed by atoms with Gasteiger partial charge >= 0.3 is 0 Å². The third-order valence-corrected chi connectivity index (χ3v) is 5.94. The van der Waals surface area contributed by atoms with E-state index in [0.717, 1.165) is 52.2 Å². The van der Waals surface area contributed by atoms with Crippen molar-refractivity contribution in [1.29, 1.82) is 0 Å². The Morgan fingerprint density at radius 2 is 1.86 bits per heavy atom. The van der Waals surface area contributed by atoms with Gasteiger partial charge in [0.15, 0.2) is 0 Å². The first kappa shape index (κ1) is 20.1. The molecule has 2 aromatic rings. The van der Waals surface area contributed by atoms with Crippen molar-refractivity contribution >= 4 is 11.5 Å². The second-order valence-electron chi connectivity index (χ2n) is 8.05. The summed E-state index contributed by atoms with van der Waals surface area (Å²) in [4.78, 5) is 9.94. The van der Waals surface area contributed by atoms with E-state index in [1.807, 2.05) is 0 Å². The molecule has 0 aliphatic carbocycles. The predicted molar refractivity (Wildman–Crippen MR) is 121 cm³/mol. The van der Waals surface area contributed by atoms with Gasteiger partial charge in [-0.1, -0.05) is 55.8 Å². The number of hydrogen-bond donors (Lipinski definition) is 0. The Hall–Kier alpha value is -2.17. The molecule has 2 aliphatic rings. The lowest BCUT2D eigenvalue weighted by atomic mass is 9.96. The summed E-state index contributed by atoms with van der Waals surface area (Å²) >= 11 is 0. The van der Waals surface area contributed by atoms with Gasteiger partial charge in [-0.3, -0.25) is 9.89 Å². The third-order valence-electron chi connectivity index (χ3n) is 5.94. The van der Waals surface area contributed by atoms with Crippen LogP contribution in [0, 0.1) is 0 Å². The number of morpholine rings is 1. The normalized spacial score (nSPS) is 20.5. The molecule has 0 aromatic heterocycles. The summed E-state index contributed by atoms with van der Waals surface area (Å²) in [5.41, 5.74) is 4.11. The van der Waals surface area contributed by atoms with E-state index in [9.17, 15) is 0 Å². The number of aryl methyl sites for hydroxylation is 1. The lowest BCUT2D eigenvalue weighted by Crippen LogP contribution is -2.48. The highest BCUT2D eigenvalue weighted by Crippen LogP contribution is 2.33. The van der Waals surface area contributed by atoms with Crippen LogP contribution in [0.5, 0.6) is 0 Å². The van der Waals surface area contributed by atoms with Crippen LogP contribution in [0.15, 0.2) is 59.6 Å². The van der Waals surface area contributed by atoms with Crippen LogP contribution in [0.1, 0.15) is 43.4 Å². The van der Waals surface area contributed by atoms with Crippen LogP contribution in [0.25, 0.3) is 0 Å². The lowest BCUT2D eigenvalue weighted by molar-refractivity contribution is 0.0450. The van der Waals surface area contributed by atoms with Gasteiger partial charge < -0.3 is 9.64 Å². The van der Waals surface area contributed by atoms with Gasteiger partial charge in [0.2, 0.25) is 0 Å². The number of unbranched alkanes of at least 4 members (excludes halogenated alkanes) is 1. The van der Waals surface area contributed by atoms with Crippen LogP contribution in [-0.2, 0) is 11.2 Å². The average Bonchev–Trinajstić information content (AvgIpc) is 2.79. The Balaban J connectivity index is 1.63. The third kappa shape index (κ3) is 5.06. The molecule has 1 atom stereocenters. The van der Waals surface area contributed by atoms with Crippen LogP contribution in [0.3, 0.4) is 0 Å². The van der Waals surface area contributed by atoms with Crippen molar-refractivity contribution < 1.29 is 4.74 Å². The van der Waals surface area contributed by atoms with Gasteiger partial charge in [-0.2, -0.15) is 0 Å². The zero-order chi connectivity index (χ0) is 19.9. The lowest BCUT2D eigenvalue weighted by Gasteiger charge is -2.40. The number of amidine groups is 1. The Kier molecular flexibility index (Phi) is 6.96. The minimum Gasteiger partial charge on any atom is -0.379 e. The second-order valence-corrected chi connectivity index (χ2v) is 8.05. The summed E-state index contributed by atoms with van der Waals surface area (Å²) in [6, 6.07) is 20.4. The van der Waals surface area contributed by atoms with E-state index >= 15 is 0 Å². The van der Waals surface area contributed by atoms with Gasteiger partial charge in [0.1, 0.15) is 5.84 Å². The molecule has 2 aromatic carbocycles. The highest BCUT2D eigenvalue weighted by Gasteiger charge is 2.29. The SMILES string of the molecule is CCCCc1cccc(C2CCN=C(CN3CCOCC3)N2c2ccccc2)c1. The second kappa shape index (κ2) is 10.0. The van der Waals surface area contributed by atoms with Crippen LogP contribution in [0.2, 0.25) is 0 Å². The number of aliphatic imine (C=N–C) groups is 1. The maximum atomic E-state index is 5.54. The molecule has 2 aliphatic heterocycles. The summed E-state index contributed by atoms with van der Waals surface area (Å²) < 4.78 is 5.54. The number of nitrogens with zero attached hydrogens (tertiary/aromatic N) is 3. The molecule has 0 N–H and O–H groups in total. The topological polar surface area (TPSA) is 28.1 Å². The molecule has 1 saturated heterocycles. The molecule has 1 fully saturated rings. The quantitative estimate of drug-likeness (QED) is 0.684. The van der Waals surface area contributed by atoms with Crippen LogP contribution in [0.4, 0.5) is 5.69 Å². The molecule has 0 amide bonds. The number of rotatable bonds is 7. The van der Waals surface area contributed by atoms with Crippen molar-refractivity contribution in [3.63, 3.8) is 0 Å². The Morgan fingerprint density at radius 3 is 2.66 bits per heavy atom. The molecule has 29 heavy (non-hydrogen) atoms. The smallest absolute Gasteiger partial charge is 0.118 e. The van der Waals surface area contributed by atoms with E-state index in [0.29, 0.717) is 6.04 Å². The molecule has 4 nitrogen and oxygen atoms in total. The molecular formula is C25H33N3O. The first-order chi connectivity index (χ1) is 14.3. The summed E-state index contributed by atoms with van der Waals surface area (Å²) in [7, 11) is 0. The maximum absolute atomic E-state index is 5.54. The van der Waals surface area contributed by atoms with Crippen molar-refractivity contribution in [3.8, 4) is 0 Å². The molecule has 2 heterocycles. The van der Waals surface area contributed by atoms with Gasteiger partial charge in [-0.15, -0.1) is 0 Å². The van der Waals surface area contributed by atoms with Gasteiger partial charge in [-0.05, 0) is 42.5 Å². The van der Waals surface area contributed by atoms with Crippen molar-refractivity contribution in [3.05, 3.63) is 65.7 Å². The molecule has 154 valence electrons. The fraction of sp³-hybridized carbons (Fsp3) is 0.480. The Morgan fingerprint density at radius 1 is 1.03 bits per heavy atom. The van der Waals surface area contributed by atoms with Gasteiger partial charge in [-0.25, -0.2) is 0 Å². The van der Waals surface area contributed by atoms with E-state index in [4.69, 9.17) is 9.73 Å². The van der Waals surface area contributed by atoms with Crippen LogP contribution < -0.4 is 4.90 Å². The first-order valence-corrected chi connectivity index (χ1v) is 11.1. The van der Waals surface area contributed by atoms with Crippen LogP contribution >= 0.6 is 0 Å². The van der Waals surface area contributed by atoms with Crippen molar-refractivity contribution in [2.45, 2.75) is 38.6 Å². The molecule has 0 spiro atoms. The molecule has 0 bridgehead atoms. The highest BCUT2D eigenvalue weighted by atomic mass is 16.5. The number of para-hydroxylation sites is 1. The Bertz CT molecular complexity index is 799. The summed E-state index contributed by atoms with van der Waals surface area (Å²) in [6.07, 6.45) is 4.70. The summed E-state index contributed by atoms with van der Waals surface area (Å²) in [5.74, 6) is 1.19. The maximum Gasteiger partial charge on any atom is 0.118 e. The minimum absolute atomic E-state index is 0.340. The average molecular weight is 392 g/mol. The molecular weight excluding hydrogens is 358 g/mol. The monoisotopic (exact) mass is 391 g/mol. The van der Waals surface area contributed by atoms with E-state index in [2.05, 4.69) is 71.3 Å². The zero-order valence-electron chi connectivity index (χ0n) is 17.6. The molecule has 4 heteroatoms. The Labute approximate surface area is 175 Å². The number of anilines is 1. The van der Waals surface area contributed by atoms with E-state index in [1.165, 1.54) is 35.5 Å². The molecule has 4 rings (SSSR count). The number of ether oxygens (including phenoxy) is 1. The summed E-state index contributed by atoms with van der Waals surface area (Å²) in [6.45, 7) is 7.66. The molecule has 0 radical (unpaired) electrons. The van der Waals surface area contributed by atoms with E-state index in [-0.39, 0.29) is 0 Å². The zero-order valence-corrected chi connectivity index (χ0v) is 17.6. The highest BCUT2D eigenvalue weighted by molar-refractivity contribution is 6.00. The fourth-order valence-corrected chi connectivity index (χ4v) is 4.36. The van der Waals surface area contributed by atoms with Crippen molar-refractivity contribution in [2.75, 3.05) is 44.3 Å². The van der Waals surface area contributed by atoms with Crippen molar-refractivity contribution in [1.82, 2.24) is 4.90 Å². The molecule has 1 unspecified atom stereocenters. The van der Waals surface area contributed by atoms with E-state index < -0.39 is 0 Å². The van der Waals surface area contributed by atoms with Crippen molar-refractivity contribution in [2.24, 2.45) is 4.99 Å².